The van der Waals surface area contributed by atoms with Crippen molar-refractivity contribution in [2.75, 3.05) is 19.6 Å². The van der Waals surface area contributed by atoms with Gasteiger partial charge in [0.1, 0.15) is 0 Å². The zero-order chi connectivity index (χ0) is 15.7. The SMILES string of the molecule is CCNC(=NCCC(F)(F)F)NCCc1csc(CC)n1. The number of hydrogen-bond donors (Lipinski definition) is 2. The first-order valence-corrected chi connectivity index (χ1v) is 7.84. The van der Waals surface area contributed by atoms with Gasteiger partial charge in [0.2, 0.25) is 0 Å². The molecule has 1 rings (SSSR count). The minimum atomic E-state index is -4.17. The van der Waals surface area contributed by atoms with Gasteiger partial charge < -0.3 is 10.6 Å². The maximum atomic E-state index is 12.1. The summed E-state index contributed by atoms with van der Waals surface area (Å²) in [6, 6.07) is 0. The summed E-state index contributed by atoms with van der Waals surface area (Å²) in [7, 11) is 0. The largest absolute Gasteiger partial charge is 0.390 e. The summed E-state index contributed by atoms with van der Waals surface area (Å²) in [6.07, 6.45) is -3.44. The number of alkyl halides is 3. The second-order valence-electron chi connectivity index (χ2n) is 4.39. The molecule has 0 aliphatic heterocycles. The Labute approximate surface area is 126 Å². The zero-order valence-corrected chi connectivity index (χ0v) is 13.1. The first-order valence-electron chi connectivity index (χ1n) is 6.96. The molecule has 4 nitrogen and oxygen atoms in total. The number of aliphatic imine (C=N–C) groups is 1. The fraction of sp³-hybridized carbons (Fsp3) is 0.692. The number of nitrogens with zero attached hydrogens (tertiary/aromatic N) is 2. The van der Waals surface area contributed by atoms with Gasteiger partial charge in [-0.15, -0.1) is 11.3 Å². The molecule has 1 aromatic heterocycles. The van der Waals surface area contributed by atoms with Crippen LogP contribution in [0.1, 0.15) is 31.0 Å². The smallest absolute Gasteiger partial charge is 0.357 e. The highest BCUT2D eigenvalue weighted by Crippen LogP contribution is 2.18. The summed E-state index contributed by atoms with van der Waals surface area (Å²) < 4.78 is 36.3. The second-order valence-corrected chi connectivity index (χ2v) is 5.33. The highest BCUT2D eigenvalue weighted by molar-refractivity contribution is 7.09. The van der Waals surface area contributed by atoms with Crippen molar-refractivity contribution in [1.29, 1.82) is 0 Å². The van der Waals surface area contributed by atoms with Gasteiger partial charge in [0.05, 0.1) is 23.7 Å². The van der Waals surface area contributed by atoms with Crippen molar-refractivity contribution in [3.8, 4) is 0 Å². The van der Waals surface area contributed by atoms with Crippen LogP contribution >= 0.6 is 11.3 Å². The van der Waals surface area contributed by atoms with Crippen molar-refractivity contribution >= 4 is 17.3 Å². The maximum Gasteiger partial charge on any atom is 0.390 e. The molecule has 0 atom stereocenters. The van der Waals surface area contributed by atoms with Crippen LogP contribution in [0.15, 0.2) is 10.4 Å². The van der Waals surface area contributed by atoms with Crippen LogP contribution in [0.2, 0.25) is 0 Å². The highest BCUT2D eigenvalue weighted by atomic mass is 32.1. The first kappa shape index (κ1) is 17.7. The summed E-state index contributed by atoms with van der Waals surface area (Å²) in [4.78, 5) is 8.34. The van der Waals surface area contributed by atoms with Crippen LogP contribution in [0.3, 0.4) is 0 Å². The summed E-state index contributed by atoms with van der Waals surface area (Å²) in [5, 5.41) is 9.05. The number of halogens is 3. The van der Waals surface area contributed by atoms with Crippen LogP contribution < -0.4 is 10.6 Å². The van der Waals surface area contributed by atoms with E-state index in [0.29, 0.717) is 19.0 Å². The van der Waals surface area contributed by atoms with E-state index in [1.807, 2.05) is 12.3 Å². The lowest BCUT2D eigenvalue weighted by atomic mass is 10.3. The van der Waals surface area contributed by atoms with Gasteiger partial charge in [-0.1, -0.05) is 6.92 Å². The Morgan fingerprint density at radius 3 is 2.67 bits per heavy atom. The van der Waals surface area contributed by atoms with Crippen LogP contribution in [0.25, 0.3) is 0 Å². The number of thiazole rings is 1. The topological polar surface area (TPSA) is 49.3 Å². The van der Waals surface area contributed by atoms with Crippen molar-refractivity contribution in [3.05, 3.63) is 16.1 Å². The van der Waals surface area contributed by atoms with Crippen LogP contribution in [-0.4, -0.2) is 36.8 Å². The van der Waals surface area contributed by atoms with Crippen LogP contribution in [-0.2, 0) is 12.8 Å². The molecule has 0 radical (unpaired) electrons. The molecule has 0 aromatic carbocycles. The van der Waals surface area contributed by atoms with Gasteiger partial charge in [-0.3, -0.25) is 4.99 Å². The molecule has 0 spiro atoms. The lowest BCUT2D eigenvalue weighted by Gasteiger charge is -2.11. The summed E-state index contributed by atoms with van der Waals surface area (Å²) in [6.45, 7) is 4.85. The van der Waals surface area contributed by atoms with Crippen molar-refractivity contribution in [1.82, 2.24) is 15.6 Å². The Kier molecular flexibility index (Phi) is 7.49. The van der Waals surface area contributed by atoms with Crippen molar-refractivity contribution in [2.45, 2.75) is 39.3 Å². The van der Waals surface area contributed by atoms with E-state index in [0.717, 1.165) is 23.5 Å². The average Bonchev–Trinajstić information content (AvgIpc) is 2.85. The number of rotatable bonds is 7. The average molecular weight is 322 g/mol. The normalized spacial score (nSPS) is 12.5. The van der Waals surface area contributed by atoms with Crippen LogP contribution in [0, 0.1) is 0 Å². The Hall–Kier alpha value is -1.31. The number of guanidine groups is 1. The monoisotopic (exact) mass is 322 g/mol. The molecule has 1 heterocycles. The molecule has 0 fully saturated rings. The predicted octanol–water partition coefficient (Wildman–Crippen LogP) is 2.76. The maximum absolute atomic E-state index is 12.1. The first-order chi connectivity index (χ1) is 9.94. The van der Waals surface area contributed by atoms with E-state index in [9.17, 15) is 13.2 Å². The lowest BCUT2D eigenvalue weighted by Crippen LogP contribution is -2.38. The summed E-state index contributed by atoms with van der Waals surface area (Å²) in [5.74, 6) is 0.410. The molecular weight excluding hydrogens is 301 g/mol. The molecule has 8 heteroatoms. The fourth-order valence-electron chi connectivity index (χ4n) is 1.57. The third-order valence-corrected chi connectivity index (χ3v) is 3.63. The fourth-order valence-corrected chi connectivity index (χ4v) is 2.35. The minimum absolute atomic E-state index is 0.268. The highest BCUT2D eigenvalue weighted by Gasteiger charge is 2.26. The number of aryl methyl sites for hydroxylation is 1. The molecule has 1 aromatic rings. The van der Waals surface area contributed by atoms with E-state index >= 15 is 0 Å². The molecule has 2 N–H and O–H groups in total. The Balaban J connectivity index is 2.37. The van der Waals surface area contributed by atoms with Gasteiger partial charge in [-0.05, 0) is 13.3 Å². The van der Waals surface area contributed by atoms with E-state index < -0.39 is 12.6 Å². The lowest BCUT2D eigenvalue weighted by molar-refractivity contribution is -0.132. The van der Waals surface area contributed by atoms with E-state index in [-0.39, 0.29) is 6.54 Å². The van der Waals surface area contributed by atoms with E-state index in [1.54, 1.807) is 11.3 Å². The Morgan fingerprint density at radius 1 is 1.33 bits per heavy atom. The van der Waals surface area contributed by atoms with Crippen molar-refractivity contribution < 1.29 is 13.2 Å². The van der Waals surface area contributed by atoms with E-state index in [1.165, 1.54) is 0 Å². The number of aromatic nitrogens is 1. The van der Waals surface area contributed by atoms with Crippen LogP contribution in [0.5, 0.6) is 0 Å². The number of hydrogen-bond acceptors (Lipinski definition) is 3. The molecular formula is C13H21F3N4S. The van der Waals surface area contributed by atoms with Gasteiger partial charge in [-0.2, -0.15) is 13.2 Å². The Bertz CT molecular complexity index is 443. The molecule has 0 aliphatic carbocycles. The third-order valence-electron chi connectivity index (χ3n) is 2.58. The summed E-state index contributed by atoms with van der Waals surface area (Å²) in [5.41, 5.74) is 0.996. The van der Waals surface area contributed by atoms with Crippen LogP contribution in [0.4, 0.5) is 13.2 Å². The predicted molar refractivity (Wildman–Crippen MR) is 79.8 cm³/mol. The molecule has 21 heavy (non-hydrogen) atoms. The molecule has 120 valence electrons. The van der Waals surface area contributed by atoms with Crippen molar-refractivity contribution in [3.63, 3.8) is 0 Å². The Morgan fingerprint density at radius 2 is 2.10 bits per heavy atom. The standard InChI is InChI=1S/C13H21F3N4S/c1-3-11-20-10(9-21-11)5-7-18-12(17-4-2)19-8-6-13(14,15)16/h9H,3-8H2,1-2H3,(H2,17,18,19). The third kappa shape index (κ3) is 7.89. The van der Waals surface area contributed by atoms with Gasteiger partial charge >= 0.3 is 6.18 Å². The molecule has 0 saturated heterocycles. The molecule has 0 unspecified atom stereocenters. The quantitative estimate of drug-likeness (QED) is 0.599. The molecule has 0 bridgehead atoms. The number of nitrogens with one attached hydrogen (secondary N) is 2. The van der Waals surface area contributed by atoms with E-state index in [4.69, 9.17) is 0 Å². The summed E-state index contributed by atoms with van der Waals surface area (Å²) >= 11 is 1.63. The van der Waals surface area contributed by atoms with Gasteiger partial charge in [-0.25, -0.2) is 4.98 Å². The zero-order valence-electron chi connectivity index (χ0n) is 12.3. The van der Waals surface area contributed by atoms with E-state index in [2.05, 4.69) is 27.5 Å². The van der Waals surface area contributed by atoms with Gasteiger partial charge in [0.25, 0.3) is 0 Å². The van der Waals surface area contributed by atoms with Gasteiger partial charge in [0, 0.05) is 24.9 Å². The molecule has 0 aliphatic rings. The second kappa shape index (κ2) is 8.86. The van der Waals surface area contributed by atoms with Gasteiger partial charge in [0.15, 0.2) is 5.96 Å². The van der Waals surface area contributed by atoms with Crippen molar-refractivity contribution in [2.24, 2.45) is 4.99 Å². The molecule has 0 saturated carbocycles. The molecule has 0 amide bonds. The minimum Gasteiger partial charge on any atom is -0.357 e.